The fourth-order valence-electron chi connectivity index (χ4n) is 2.91. The lowest BCUT2D eigenvalue weighted by Crippen LogP contribution is -2.49. The molecular formula is C13H17ClN4O3. The van der Waals surface area contributed by atoms with Gasteiger partial charge in [-0.1, -0.05) is 11.6 Å². The van der Waals surface area contributed by atoms with Gasteiger partial charge in [-0.05, 0) is 19.8 Å². The highest BCUT2D eigenvalue weighted by molar-refractivity contribution is 6.31. The Morgan fingerprint density at radius 1 is 1.33 bits per heavy atom. The maximum Gasteiger partial charge on any atom is 0.407 e. The lowest BCUT2D eigenvalue weighted by atomic mass is 10.0. The summed E-state index contributed by atoms with van der Waals surface area (Å²) in [5.74, 6) is 1.87. The van der Waals surface area contributed by atoms with Crippen molar-refractivity contribution in [3.63, 3.8) is 0 Å². The molecule has 0 spiro atoms. The van der Waals surface area contributed by atoms with Gasteiger partial charge in [-0.25, -0.2) is 14.8 Å². The fourth-order valence-corrected chi connectivity index (χ4v) is 3.17. The van der Waals surface area contributed by atoms with Gasteiger partial charge in [0.15, 0.2) is 16.7 Å². The molecule has 1 fully saturated rings. The fraction of sp³-hybridized carbons (Fsp3) is 0.615. The number of carbonyl (C=O) groups is 1. The Kier molecular flexibility index (Phi) is 3.75. The second-order valence-electron chi connectivity index (χ2n) is 5.26. The maximum absolute atomic E-state index is 11.0. The van der Waals surface area contributed by atoms with E-state index in [1.807, 2.05) is 0 Å². The lowest BCUT2D eigenvalue weighted by Gasteiger charge is -2.40. The molecule has 21 heavy (non-hydrogen) atoms. The topological polar surface area (TPSA) is 78.8 Å². The van der Waals surface area contributed by atoms with E-state index < -0.39 is 6.09 Å². The molecule has 2 aliphatic heterocycles. The molecule has 0 atom stereocenters. The Balaban J connectivity index is 1.81. The molecule has 2 aliphatic rings. The lowest BCUT2D eigenvalue weighted by molar-refractivity contribution is 0.130. The predicted octanol–water partition coefficient (Wildman–Crippen LogP) is 1.78. The molecule has 1 saturated heterocycles. The van der Waals surface area contributed by atoms with Gasteiger partial charge in [0.25, 0.3) is 0 Å². The first-order chi connectivity index (χ1) is 10.1. The van der Waals surface area contributed by atoms with Crippen LogP contribution in [-0.2, 0) is 0 Å². The van der Waals surface area contributed by atoms with Crippen molar-refractivity contribution in [2.45, 2.75) is 25.8 Å². The summed E-state index contributed by atoms with van der Waals surface area (Å²) < 4.78 is 5.59. The number of hydrogen-bond acceptors (Lipinski definition) is 5. The van der Waals surface area contributed by atoms with E-state index in [-0.39, 0.29) is 6.04 Å². The van der Waals surface area contributed by atoms with Crippen molar-refractivity contribution in [2.75, 3.05) is 31.1 Å². The molecule has 7 nitrogen and oxygen atoms in total. The molecule has 0 saturated carbocycles. The number of hydrogen-bond donors (Lipinski definition) is 1. The van der Waals surface area contributed by atoms with Gasteiger partial charge < -0.3 is 19.6 Å². The van der Waals surface area contributed by atoms with Gasteiger partial charge >= 0.3 is 6.09 Å². The van der Waals surface area contributed by atoms with Crippen LogP contribution < -0.4 is 9.64 Å². The van der Waals surface area contributed by atoms with Crippen LogP contribution in [0.3, 0.4) is 0 Å². The minimum absolute atomic E-state index is 0.258. The van der Waals surface area contributed by atoms with Crippen LogP contribution in [0.2, 0.25) is 5.15 Å². The summed E-state index contributed by atoms with van der Waals surface area (Å²) in [6.07, 6.45) is 0.718. The summed E-state index contributed by atoms with van der Waals surface area (Å²) >= 11 is 6.13. The number of anilines is 1. The first-order valence-electron chi connectivity index (χ1n) is 6.97. The minimum Gasteiger partial charge on any atom is -0.485 e. The first kappa shape index (κ1) is 14.2. The van der Waals surface area contributed by atoms with E-state index in [2.05, 4.69) is 14.9 Å². The van der Waals surface area contributed by atoms with Crippen LogP contribution in [-0.4, -0.2) is 58.4 Å². The van der Waals surface area contributed by atoms with Gasteiger partial charge in [0, 0.05) is 19.1 Å². The van der Waals surface area contributed by atoms with Crippen molar-refractivity contribution in [2.24, 2.45) is 0 Å². The molecule has 114 valence electrons. The van der Waals surface area contributed by atoms with E-state index in [1.165, 1.54) is 4.90 Å². The van der Waals surface area contributed by atoms with E-state index in [9.17, 15) is 4.79 Å². The number of rotatable bonds is 1. The van der Waals surface area contributed by atoms with E-state index in [0.29, 0.717) is 36.4 Å². The normalized spacial score (nSPS) is 19.1. The van der Waals surface area contributed by atoms with E-state index in [0.717, 1.165) is 25.2 Å². The number of likely N-dealkylation sites (tertiary alicyclic amines) is 1. The third-order valence-electron chi connectivity index (χ3n) is 3.94. The third kappa shape index (κ3) is 2.70. The van der Waals surface area contributed by atoms with Crippen LogP contribution in [0.1, 0.15) is 18.7 Å². The number of fused-ring (bicyclic) bond motifs is 1. The zero-order valence-electron chi connectivity index (χ0n) is 11.8. The smallest absolute Gasteiger partial charge is 0.407 e. The molecule has 0 bridgehead atoms. The zero-order chi connectivity index (χ0) is 15.0. The highest BCUT2D eigenvalue weighted by atomic mass is 35.5. The monoisotopic (exact) mass is 312 g/mol. The highest BCUT2D eigenvalue weighted by Crippen LogP contribution is 2.37. The number of carboxylic acid groups (broad SMARTS) is 1. The van der Waals surface area contributed by atoms with E-state index in [4.69, 9.17) is 21.4 Å². The largest absolute Gasteiger partial charge is 0.485 e. The van der Waals surface area contributed by atoms with Crippen molar-refractivity contribution in [3.05, 3.63) is 11.0 Å². The molecule has 3 rings (SSSR count). The summed E-state index contributed by atoms with van der Waals surface area (Å²) in [5, 5.41) is 9.36. The molecular weight excluding hydrogens is 296 g/mol. The van der Waals surface area contributed by atoms with Gasteiger partial charge in [-0.15, -0.1) is 0 Å². The molecule has 1 N–H and O–H groups in total. The van der Waals surface area contributed by atoms with Gasteiger partial charge in [0.1, 0.15) is 12.4 Å². The van der Waals surface area contributed by atoms with E-state index >= 15 is 0 Å². The number of piperidine rings is 1. The maximum atomic E-state index is 11.0. The van der Waals surface area contributed by atoms with E-state index in [1.54, 1.807) is 6.92 Å². The van der Waals surface area contributed by atoms with Crippen molar-refractivity contribution in [1.82, 2.24) is 14.9 Å². The molecule has 0 radical (unpaired) electrons. The molecule has 1 aromatic heterocycles. The van der Waals surface area contributed by atoms with Crippen molar-refractivity contribution in [1.29, 1.82) is 0 Å². The van der Waals surface area contributed by atoms with Crippen LogP contribution in [0.5, 0.6) is 5.75 Å². The molecule has 0 unspecified atom stereocenters. The number of halogens is 1. The first-order valence-corrected chi connectivity index (χ1v) is 7.35. The molecule has 0 aromatic carbocycles. The summed E-state index contributed by atoms with van der Waals surface area (Å²) in [6, 6.07) is 0.258. The average molecular weight is 313 g/mol. The summed E-state index contributed by atoms with van der Waals surface area (Å²) in [6.45, 7) is 4.16. The van der Waals surface area contributed by atoms with Crippen molar-refractivity contribution in [3.8, 4) is 5.75 Å². The average Bonchev–Trinajstić information content (AvgIpc) is 2.46. The second kappa shape index (κ2) is 5.55. The molecule has 8 heteroatoms. The Labute approximate surface area is 127 Å². The highest BCUT2D eigenvalue weighted by Gasteiger charge is 2.32. The SMILES string of the molecule is Cc1nc(Cl)c2c(n1)N(C1CCN(C(=O)O)CC1)CCO2. The summed E-state index contributed by atoms with van der Waals surface area (Å²) in [7, 11) is 0. The van der Waals surface area contributed by atoms with Crippen LogP contribution in [0.25, 0.3) is 0 Å². The Morgan fingerprint density at radius 3 is 2.71 bits per heavy atom. The summed E-state index contributed by atoms with van der Waals surface area (Å²) in [4.78, 5) is 23.2. The van der Waals surface area contributed by atoms with Crippen molar-refractivity contribution < 1.29 is 14.6 Å². The van der Waals surface area contributed by atoms with Crippen LogP contribution in [0.15, 0.2) is 0 Å². The van der Waals surface area contributed by atoms with Gasteiger partial charge in [0.05, 0.1) is 6.54 Å². The molecule has 3 heterocycles. The zero-order valence-corrected chi connectivity index (χ0v) is 12.5. The van der Waals surface area contributed by atoms with Gasteiger partial charge in [-0.2, -0.15) is 0 Å². The van der Waals surface area contributed by atoms with Crippen LogP contribution in [0.4, 0.5) is 10.6 Å². The molecule has 1 amide bonds. The number of ether oxygens (including phenoxy) is 1. The second-order valence-corrected chi connectivity index (χ2v) is 5.62. The third-order valence-corrected chi connectivity index (χ3v) is 4.20. The molecule has 0 aliphatic carbocycles. The Hall–Kier alpha value is -1.76. The number of aryl methyl sites for hydroxylation is 1. The predicted molar refractivity (Wildman–Crippen MR) is 77.2 cm³/mol. The molecule has 1 aromatic rings. The van der Waals surface area contributed by atoms with Crippen molar-refractivity contribution >= 4 is 23.5 Å². The minimum atomic E-state index is -0.850. The Bertz CT molecular complexity index is 561. The summed E-state index contributed by atoms with van der Waals surface area (Å²) in [5.41, 5.74) is 0. The number of aromatic nitrogens is 2. The van der Waals surface area contributed by atoms with Crippen LogP contribution >= 0.6 is 11.6 Å². The number of amides is 1. The van der Waals surface area contributed by atoms with Gasteiger partial charge in [0.2, 0.25) is 0 Å². The van der Waals surface area contributed by atoms with Gasteiger partial charge in [-0.3, -0.25) is 0 Å². The number of nitrogens with zero attached hydrogens (tertiary/aromatic N) is 4. The standard InChI is InChI=1S/C13H17ClN4O3/c1-8-15-11(14)10-12(16-8)18(6-7-21-10)9-2-4-17(5-3-9)13(19)20/h9H,2-7H2,1H3,(H,19,20). The Morgan fingerprint density at radius 2 is 2.05 bits per heavy atom. The quantitative estimate of drug-likeness (QED) is 0.796. The van der Waals surface area contributed by atoms with Crippen LogP contribution in [0, 0.1) is 6.92 Å².